The molecule has 0 bridgehead atoms. The molecule has 0 aromatic rings. The standard InChI is InChI=1S/C10H20NO.Sn.H/c1-9(2,3)7-8(12)11-10(4,5)6;;/h7H,1-6H3,(H,11,12);;. The minimum atomic E-state index is -0.108. The van der Waals surface area contributed by atoms with Crippen molar-refractivity contribution in [2.45, 2.75) is 51.0 Å². The summed E-state index contributed by atoms with van der Waals surface area (Å²) in [6, 6.07) is 0. The summed E-state index contributed by atoms with van der Waals surface area (Å²) in [5.74, 6) is 0.197. The van der Waals surface area contributed by atoms with Gasteiger partial charge in [-0.3, -0.25) is 0 Å². The van der Waals surface area contributed by atoms with Crippen molar-refractivity contribution in [3.8, 4) is 0 Å². The third-order valence-corrected chi connectivity index (χ3v) is 5.43. The summed E-state index contributed by atoms with van der Waals surface area (Å²) in [6.07, 6.45) is 0. The van der Waals surface area contributed by atoms with Crippen molar-refractivity contribution in [1.82, 2.24) is 5.32 Å². The summed E-state index contributed by atoms with van der Waals surface area (Å²) in [4.78, 5) is 11.7. The summed E-state index contributed by atoms with van der Waals surface area (Å²) in [5, 5.41) is 3.02. The van der Waals surface area contributed by atoms with Gasteiger partial charge in [0.2, 0.25) is 0 Å². The molecular formula is C10H21NOSn. The van der Waals surface area contributed by atoms with Gasteiger partial charge in [0.25, 0.3) is 0 Å². The van der Waals surface area contributed by atoms with E-state index in [2.05, 4.69) is 26.1 Å². The van der Waals surface area contributed by atoms with E-state index in [9.17, 15) is 4.79 Å². The second-order valence-corrected chi connectivity index (χ2v) is 7.49. The minimum absolute atomic E-state index is 0.0948. The van der Waals surface area contributed by atoms with Crippen LogP contribution in [0.15, 0.2) is 0 Å². The Bertz CT molecular complexity index is 188. The molecule has 1 N–H and O–H groups in total. The summed E-state index contributed by atoms with van der Waals surface area (Å²) in [7, 11) is 0. The third-order valence-electron chi connectivity index (χ3n) is 1.71. The Labute approximate surface area is 94.9 Å². The van der Waals surface area contributed by atoms with Crippen LogP contribution in [0, 0.1) is 5.41 Å². The first-order valence-corrected chi connectivity index (χ1v) is 6.52. The van der Waals surface area contributed by atoms with Crippen LogP contribution in [0.5, 0.6) is 0 Å². The first-order valence-electron chi connectivity index (χ1n) is 4.61. The third kappa shape index (κ3) is 5.55. The van der Waals surface area contributed by atoms with E-state index in [-0.39, 0.29) is 20.8 Å². The first-order chi connectivity index (χ1) is 5.54. The molecule has 76 valence electrons. The van der Waals surface area contributed by atoms with Crippen LogP contribution in [-0.4, -0.2) is 34.0 Å². The molecule has 2 nitrogen and oxygen atoms in total. The number of carbonyl (C=O) groups is 1. The van der Waals surface area contributed by atoms with Crippen molar-refractivity contribution >= 4 is 28.4 Å². The van der Waals surface area contributed by atoms with Gasteiger partial charge in [-0.15, -0.1) is 0 Å². The van der Waals surface area contributed by atoms with Crippen molar-refractivity contribution in [1.29, 1.82) is 0 Å². The SMILES string of the molecule is CC(C)(C)NC(=O)[CH]([SnH])C(C)(C)C. The van der Waals surface area contributed by atoms with E-state index in [0.717, 1.165) is 22.5 Å². The fourth-order valence-electron chi connectivity index (χ4n) is 0.841. The molecule has 0 heterocycles. The molecule has 0 saturated heterocycles. The average Bonchev–Trinajstić information content (AvgIpc) is 1.79. The molecule has 0 spiro atoms. The van der Waals surface area contributed by atoms with E-state index in [1.165, 1.54) is 0 Å². The van der Waals surface area contributed by atoms with Crippen LogP contribution < -0.4 is 5.32 Å². The molecule has 2 radical (unpaired) electrons. The van der Waals surface area contributed by atoms with E-state index >= 15 is 0 Å². The van der Waals surface area contributed by atoms with Crippen molar-refractivity contribution in [3.05, 3.63) is 0 Å². The number of rotatable bonds is 1. The van der Waals surface area contributed by atoms with E-state index < -0.39 is 0 Å². The van der Waals surface area contributed by atoms with Gasteiger partial charge in [0.1, 0.15) is 0 Å². The summed E-state index contributed by atoms with van der Waals surface area (Å²) < 4.78 is 0.178. The molecule has 3 heteroatoms. The Balaban J connectivity index is 4.30. The van der Waals surface area contributed by atoms with Crippen LogP contribution in [0.25, 0.3) is 0 Å². The van der Waals surface area contributed by atoms with Crippen LogP contribution in [0.2, 0.25) is 3.93 Å². The summed E-state index contributed by atoms with van der Waals surface area (Å²) in [5.41, 5.74) is -0.0128. The quantitative estimate of drug-likeness (QED) is 0.731. The van der Waals surface area contributed by atoms with Gasteiger partial charge in [0, 0.05) is 0 Å². The van der Waals surface area contributed by atoms with Gasteiger partial charge in [0.05, 0.1) is 0 Å². The Kier molecular flexibility index (Phi) is 4.28. The number of amides is 1. The monoisotopic (exact) mass is 291 g/mol. The maximum atomic E-state index is 11.7. The van der Waals surface area contributed by atoms with Gasteiger partial charge < -0.3 is 0 Å². The Hall–Kier alpha value is 0.269. The van der Waals surface area contributed by atoms with Crippen LogP contribution >= 0.6 is 0 Å². The van der Waals surface area contributed by atoms with Crippen molar-refractivity contribution < 1.29 is 4.79 Å². The molecule has 0 aliphatic heterocycles. The second-order valence-electron chi connectivity index (χ2n) is 5.58. The molecule has 0 fully saturated rings. The van der Waals surface area contributed by atoms with Crippen LogP contribution in [0.4, 0.5) is 0 Å². The van der Waals surface area contributed by atoms with Gasteiger partial charge in [-0.2, -0.15) is 0 Å². The van der Waals surface area contributed by atoms with Gasteiger partial charge >= 0.3 is 95.0 Å². The first kappa shape index (κ1) is 13.3. The zero-order valence-electron chi connectivity index (χ0n) is 9.56. The maximum absolute atomic E-state index is 11.7. The predicted molar refractivity (Wildman–Crippen MR) is 58.2 cm³/mol. The van der Waals surface area contributed by atoms with Gasteiger partial charge in [0.15, 0.2) is 0 Å². The molecule has 0 rings (SSSR count). The molecule has 0 aliphatic carbocycles. The zero-order chi connectivity index (χ0) is 10.9. The normalized spacial score (nSPS) is 15.3. The summed E-state index contributed by atoms with van der Waals surface area (Å²) >= 11 is 0.981. The molecule has 1 unspecified atom stereocenters. The number of nitrogens with one attached hydrogen (secondary N) is 1. The Morgan fingerprint density at radius 1 is 1.15 bits per heavy atom. The molecule has 0 saturated carbocycles. The van der Waals surface area contributed by atoms with Crippen LogP contribution in [0.3, 0.4) is 0 Å². The fourth-order valence-corrected chi connectivity index (χ4v) is 1.08. The molecule has 1 amide bonds. The summed E-state index contributed by atoms with van der Waals surface area (Å²) in [6.45, 7) is 12.4. The van der Waals surface area contributed by atoms with E-state index in [1.54, 1.807) is 0 Å². The van der Waals surface area contributed by atoms with Crippen molar-refractivity contribution in [2.75, 3.05) is 0 Å². The molecule has 0 aromatic heterocycles. The molecule has 13 heavy (non-hydrogen) atoms. The average molecular weight is 290 g/mol. The molecule has 1 atom stereocenters. The number of hydrogen-bond acceptors (Lipinski definition) is 1. The topological polar surface area (TPSA) is 29.1 Å². The van der Waals surface area contributed by atoms with Gasteiger partial charge in [-0.25, -0.2) is 0 Å². The zero-order valence-corrected chi connectivity index (χ0v) is 12.9. The molecule has 0 aromatic carbocycles. The van der Waals surface area contributed by atoms with E-state index in [1.807, 2.05) is 20.8 Å². The Morgan fingerprint density at radius 3 is 1.77 bits per heavy atom. The van der Waals surface area contributed by atoms with Crippen molar-refractivity contribution in [2.24, 2.45) is 5.41 Å². The number of carbonyl (C=O) groups excluding carboxylic acids is 1. The Morgan fingerprint density at radius 2 is 1.54 bits per heavy atom. The second kappa shape index (κ2) is 4.20. The molecule has 0 aliphatic rings. The predicted octanol–water partition coefficient (Wildman–Crippen LogP) is 1.64. The van der Waals surface area contributed by atoms with Gasteiger partial charge in [-0.1, -0.05) is 0 Å². The van der Waals surface area contributed by atoms with Crippen LogP contribution in [-0.2, 0) is 4.79 Å². The number of hydrogen-bond donors (Lipinski definition) is 1. The van der Waals surface area contributed by atoms with E-state index in [4.69, 9.17) is 0 Å². The van der Waals surface area contributed by atoms with Crippen molar-refractivity contribution in [3.63, 3.8) is 0 Å². The molecular weight excluding hydrogens is 269 g/mol. The fraction of sp³-hybridized carbons (Fsp3) is 0.900. The van der Waals surface area contributed by atoms with E-state index in [0.29, 0.717) is 0 Å². The van der Waals surface area contributed by atoms with Gasteiger partial charge in [-0.05, 0) is 0 Å². The van der Waals surface area contributed by atoms with Crippen LogP contribution in [0.1, 0.15) is 41.5 Å².